The van der Waals surface area contributed by atoms with E-state index in [0.717, 1.165) is 17.1 Å². The first-order valence-electron chi connectivity index (χ1n) is 16.9. The Morgan fingerprint density at radius 3 is 1.57 bits per heavy atom. The van der Waals surface area contributed by atoms with Crippen molar-refractivity contribution < 1.29 is 0 Å². The minimum absolute atomic E-state index is 0.148. The van der Waals surface area contributed by atoms with Gasteiger partial charge in [-0.05, 0) is 87.0 Å². The Hall–Kier alpha value is -5.70. The van der Waals surface area contributed by atoms with Gasteiger partial charge in [0.15, 0.2) is 0 Å². The molecule has 0 saturated carbocycles. The number of hydrogen-bond acceptors (Lipinski definition) is 2. The third-order valence-electron chi connectivity index (χ3n) is 10.0. The summed E-state index contributed by atoms with van der Waals surface area (Å²) in [7, 11) is 0. The molecule has 0 atom stereocenters. The van der Waals surface area contributed by atoms with Crippen LogP contribution in [0, 0.1) is 0 Å². The van der Waals surface area contributed by atoms with Crippen LogP contribution in [0.15, 0.2) is 176 Å². The number of hydrogen-bond donors (Lipinski definition) is 0. The minimum Gasteiger partial charge on any atom is -0.311 e. The molecule has 9 rings (SSSR count). The van der Waals surface area contributed by atoms with Gasteiger partial charge in [-0.3, -0.25) is 0 Å². The van der Waals surface area contributed by atoms with Gasteiger partial charge >= 0.3 is 0 Å². The lowest BCUT2D eigenvalue weighted by molar-refractivity contribution is 0.667. The van der Waals surface area contributed by atoms with E-state index in [1.54, 1.807) is 0 Å². The minimum atomic E-state index is -0.148. The lowest BCUT2D eigenvalue weighted by Gasteiger charge is -2.26. The van der Waals surface area contributed by atoms with Crippen LogP contribution in [-0.2, 0) is 5.41 Å². The molecular formula is C47H35NS. The summed E-state index contributed by atoms with van der Waals surface area (Å²) < 4.78 is 1.38. The van der Waals surface area contributed by atoms with Crippen molar-refractivity contribution in [3.05, 3.63) is 187 Å². The molecule has 234 valence electrons. The maximum absolute atomic E-state index is 2.48. The van der Waals surface area contributed by atoms with E-state index >= 15 is 0 Å². The number of benzene rings is 7. The first-order chi connectivity index (χ1) is 24.1. The molecule has 1 aliphatic carbocycles. The molecular weight excluding hydrogens is 611 g/mol. The zero-order valence-electron chi connectivity index (χ0n) is 27.6. The second-order valence-corrected chi connectivity index (χ2v) is 14.3. The Kier molecular flexibility index (Phi) is 7.07. The van der Waals surface area contributed by atoms with Gasteiger partial charge in [-0.15, -0.1) is 11.3 Å². The highest BCUT2D eigenvalue weighted by Crippen LogP contribution is 2.58. The molecule has 7 aromatic carbocycles. The standard InChI is InChI=1S/C47H35NS/c1-47(2)41-26-16-15-25-38(41)43-39(32-27-29-37(30-28-32)48(35-21-11-5-12-22-35)36-23-13-6-14-24-36)31-40-42(33-17-7-3-8-18-33)45(49-46(40)44(43)47)34-19-9-4-10-20-34/h3-31H,1-2H3. The fourth-order valence-corrected chi connectivity index (χ4v) is 9.31. The van der Waals surface area contributed by atoms with Crippen molar-refractivity contribution in [1.29, 1.82) is 0 Å². The molecule has 1 nitrogen and oxygen atoms in total. The number of anilines is 3. The average Bonchev–Trinajstić information content (AvgIpc) is 3.66. The molecule has 0 fully saturated rings. The smallest absolute Gasteiger partial charge is 0.0462 e. The molecule has 0 aliphatic heterocycles. The molecule has 0 unspecified atom stereocenters. The summed E-state index contributed by atoms with van der Waals surface area (Å²) in [6.07, 6.45) is 0. The summed E-state index contributed by atoms with van der Waals surface area (Å²) in [5.74, 6) is 0. The fraction of sp³-hybridized carbons (Fsp3) is 0.0638. The van der Waals surface area contributed by atoms with Crippen molar-refractivity contribution in [1.82, 2.24) is 0 Å². The Labute approximate surface area is 292 Å². The van der Waals surface area contributed by atoms with E-state index < -0.39 is 0 Å². The number of nitrogens with zero attached hydrogens (tertiary/aromatic N) is 1. The number of thiophene rings is 1. The summed E-state index contributed by atoms with van der Waals surface area (Å²) in [5.41, 5.74) is 15.1. The fourth-order valence-electron chi connectivity index (χ4n) is 7.79. The molecule has 0 amide bonds. The van der Waals surface area contributed by atoms with E-state index in [0.29, 0.717) is 0 Å². The second kappa shape index (κ2) is 11.8. The topological polar surface area (TPSA) is 3.24 Å². The van der Waals surface area contributed by atoms with E-state index in [-0.39, 0.29) is 5.41 Å². The molecule has 1 aromatic heterocycles. The summed E-state index contributed by atoms with van der Waals surface area (Å²) in [4.78, 5) is 3.65. The van der Waals surface area contributed by atoms with Gasteiger partial charge in [-0.1, -0.05) is 147 Å². The predicted molar refractivity (Wildman–Crippen MR) is 210 cm³/mol. The maximum atomic E-state index is 2.48. The Morgan fingerprint density at radius 1 is 0.449 bits per heavy atom. The summed E-state index contributed by atoms with van der Waals surface area (Å²) in [5, 5.41) is 1.32. The van der Waals surface area contributed by atoms with Gasteiger partial charge in [-0.25, -0.2) is 0 Å². The second-order valence-electron chi connectivity index (χ2n) is 13.3. The van der Waals surface area contributed by atoms with Crippen LogP contribution in [0.3, 0.4) is 0 Å². The first kappa shape index (κ1) is 29.4. The Balaban J connectivity index is 1.31. The third kappa shape index (κ3) is 4.83. The molecule has 0 spiro atoms. The van der Waals surface area contributed by atoms with E-state index in [2.05, 4.69) is 195 Å². The van der Waals surface area contributed by atoms with Gasteiger partial charge in [0, 0.05) is 43.0 Å². The highest BCUT2D eigenvalue weighted by molar-refractivity contribution is 7.23. The van der Waals surface area contributed by atoms with Crippen LogP contribution >= 0.6 is 11.3 Å². The van der Waals surface area contributed by atoms with Gasteiger partial charge in [-0.2, -0.15) is 0 Å². The Bertz CT molecular complexity index is 2390. The Morgan fingerprint density at radius 2 is 0.959 bits per heavy atom. The van der Waals surface area contributed by atoms with Gasteiger partial charge in [0.05, 0.1) is 0 Å². The predicted octanol–water partition coefficient (Wildman–Crippen LogP) is 13.7. The molecule has 0 bridgehead atoms. The van der Waals surface area contributed by atoms with E-state index in [1.807, 2.05) is 11.3 Å². The van der Waals surface area contributed by atoms with E-state index in [1.165, 1.54) is 65.0 Å². The van der Waals surface area contributed by atoms with Crippen molar-refractivity contribution >= 4 is 38.5 Å². The largest absolute Gasteiger partial charge is 0.311 e. The summed E-state index contributed by atoms with van der Waals surface area (Å²) in [6, 6.07) is 63.8. The quantitative estimate of drug-likeness (QED) is 0.174. The van der Waals surface area contributed by atoms with Gasteiger partial charge in [0.25, 0.3) is 0 Å². The third-order valence-corrected chi connectivity index (χ3v) is 11.3. The van der Waals surface area contributed by atoms with Crippen molar-refractivity contribution in [3.63, 3.8) is 0 Å². The van der Waals surface area contributed by atoms with Crippen LogP contribution in [0.1, 0.15) is 25.0 Å². The van der Waals surface area contributed by atoms with Crippen molar-refractivity contribution in [2.45, 2.75) is 19.3 Å². The molecule has 1 aliphatic rings. The summed E-state index contributed by atoms with van der Waals surface area (Å²) >= 11 is 1.95. The maximum Gasteiger partial charge on any atom is 0.0462 e. The SMILES string of the molecule is CC1(C)c2ccccc2-c2c(-c3ccc(N(c4ccccc4)c4ccccc4)cc3)cc3c(-c4ccccc4)c(-c4ccccc4)sc3c21. The van der Waals surface area contributed by atoms with Crippen LogP contribution < -0.4 is 4.90 Å². The molecule has 8 aromatic rings. The van der Waals surface area contributed by atoms with Crippen molar-refractivity contribution in [3.8, 4) is 43.8 Å². The van der Waals surface area contributed by atoms with Crippen molar-refractivity contribution in [2.24, 2.45) is 0 Å². The lowest BCUT2D eigenvalue weighted by Crippen LogP contribution is -2.15. The lowest BCUT2D eigenvalue weighted by atomic mass is 9.80. The van der Waals surface area contributed by atoms with Crippen LogP contribution in [0.4, 0.5) is 17.1 Å². The van der Waals surface area contributed by atoms with Crippen LogP contribution in [0.5, 0.6) is 0 Å². The monoisotopic (exact) mass is 645 g/mol. The molecule has 0 N–H and O–H groups in total. The van der Waals surface area contributed by atoms with E-state index in [9.17, 15) is 0 Å². The average molecular weight is 646 g/mol. The first-order valence-corrected chi connectivity index (χ1v) is 17.8. The zero-order valence-corrected chi connectivity index (χ0v) is 28.4. The number of rotatable bonds is 6. The van der Waals surface area contributed by atoms with E-state index in [4.69, 9.17) is 0 Å². The molecule has 0 saturated heterocycles. The van der Waals surface area contributed by atoms with Crippen LogP contribution in [0.25, 0.3) is 53.9 Å². The normalized spacial score (nSPS) is 12.9. The van der Waals surface area contributed by atoms with Crippen molar-refractivity contribution in [2.75, 3.05) is 4.90 Å². The molecule has 0 radical (unpaired) electrons. The highest BCUT2D eigenvalue weighted by Gasteiger charge is 2.40. The highest BCUT2D eigenvalue weighted by atomic mass is 32.1. The number of fused-ring (bicyclic) bond motifs is 5. The van der Waals surface area contributed by atoms with Crippen LogP contribution in [0.2, 0.25) is 0 Å². The van der Waals surface area contributed by atoms with Crippen LogP contribution in [-0.4, -0.2) is 0 Å². The molecule has 49 heavy (non-hydrogen) atoms. The molecule has 1 heterocycles. The number of para-hydroxylation sites is 2. The summed E-state index contributed by atoms with van der Waals surface area (Å²) in [6.45, 7) is 4.82. The zero-order chi connectivity index (χ0) is 33.0. The molecule has 2 heteroatoms. The van der Waals surface area contributed by atoms with Gasteiger partial charge in [0.1, 0.15) is 0 Å². The van der Waals surface area contributed by atoms with Gasteiger partial charge < -0.3 is 4.90 Å². The van der Waals surface area contributed by atoms with Gasteiger partial charge in [0.2, 0.25) is 0 Å².